The second kappa shape index (κ2) is 6.14. The lowest BCUT2D eigenvalue weighted by atomic mass is 9.98. The Morgan fingerprint density at radius 1 is 1.40 bits per heavy atom. The number of likely N-dealkylation sites (tertiary alicyclic amines) is 1. The summed E-state index contributed by atoms with van der Waals surface area (Å²) in [5, 5.41) is 19.9. The van der Waals surface area contributed by atoms with Gasteiger partial charge in [0.1, 0.15) is 5.75 Å². The van der Waals surface area contributed by atoms with E-state index in [-0.39, 0.29) is 18.1 Å². The third-order valence-corrected chi connectivity index (χ3v) is 4.30. The van der Waals surface area contributed by atoms with Gasteiger partial charge in [0.05, 0.1) is 12.0 Å². The van der Waals surface area contributed by atoms with E-state index in [1.54, 1.807) is 17.0 Å². The van der Waals surface area contributed by atoms with E-state index in [0.29, 0.717) is 25.1 Å². The van der Waals surface area contributed by atoms with Crippen molar-refractivity contribution in [1.82, 2.24) is 4.90 Å². The fourth-order valence-electron chi connectivity index (χ4n) is 2.47. The van der Waals surface area contributed by atoms with Gasteiger partial charge < -0.3 is 15.1 Å². The lowest BCUT2D eigenvalue weighted by Crippen LogP contribution is -2.34. The van der Waals surface area contributed by atoms with Gasteiger partial charge in [0.25, 0.3) is 0 Å². The minimum Gasteiger partial charge on any atom is -0.508 e. The number of amides is 1. The summed E-state index contributed by atoms with van der Waals surface area (Å²) in [6, 6.07) is 5.16. The number of aromatic hydroxyl groups is 1. The fourth-order valence-corrected chi connectivity index (χ4v) is 2.82. The second-order valence-electron chi connectivity index (χ2n) is 5.68. The lowest BCUT2D eigenvalue weighted by Gasteiger charge is -2.22. The number of carbonyl (C=O) groups is 1. The van der Waals surface area contributed by atoms with Crippen molar-refractivity contribution in [2.75, 3.05) is 13.1 Å². The van der Waals surface area contributed by atoms with Gasteiger partial charge in [-0.2, -0.15) is 0 Å². The van der Waals surface area contributed by atoms with E-state index < -0.39 is 5.60 Å². The molecule has 1 aromatic carbocycles. The van der Waals surface area contributed by atoms with Crippen LogP contribution in [0.5, 0.6) is 5.75 Å². The molecule has 1 unspecified atom stereocenters. The molecule has 1 saturated heterocycles. The first-order valence-corrected chi connectivity index (χ1v) is 7.64. The molecule has 5 heteroatoms. The maximum absolute atomic E-state index is 12.3. The van der Waals surface area contributed by atoms with Crippen molar-refractivity contribution in [3.8, 4) is 5.75 Å². The van der Waals surface area contributed by atoms with Gasteiger partial charge in [-0.25, -0.2) is 0 Å². The molecule has 1 amide bonds. The number of hydrogen-bond donors (Lipinski definition) is 2. The van der Waals surface area contributed by atoms with Gasteiger partial charge in [0, 0.05) is 23.1 Å². The first-order chi connectivity index (χ1) is 9.37. The first-order valence-electron chi connectivity index (χ1n) is 6.85. The van der Waals surface area contributed by atoms with Crippen LogP contribution in [0.3, 0.4) is 0 Å². The topological polar surface area (TPSA) is 60.8 Å². The van der Waals surface area contributed by atoms with Crippen molar-refractivity contribution < 1.29 is 15.0 Å². The van der Waals surface area contributed by atoms with Crippen molar-refractivity contribution in [2.45, 2.75) is 38.2 Å². The standard InChI is InChI=1S/C15H20BrNO3/c1-15(20)5-2-7-17(8-6-15)14(19)9-11-3-4-12(16)10-13(11)18/h3-4,10,18,20H,2,5-9H2,1H3. The van der Waals surface area contributed by atoms with Crippen molar-refractivity contribution in [2.24, 2.45) is 0 Å². The predicted molar refractivity (Wildman–Crippen MR) is 80.6 cm³/mol. The molecule has 20 heavy (non-hydrogen) atoms. The summed E-state index contributed by atoms with van der Waals surface area (Å²) in [5.41, 5.74) is -0.0383. The van der Waals surface area contributed by atoms with Crippen LogP contribution >= 0.6 is 15.9 Å². The smallest absolute Gasteiger partial charge is 0.227 e. The Bertz CT molecular complexity index is 502. The monoisotopic (exact) mass is 341 g/mol. The van der Waals surface area contributed by atoms with Crippen LogP contribution in [0.4, 0.5) is 0 Å². The largest absolute Gasteiger partial charge is 0.508 e. The summed E-state index contributed by atoms with van der Waals surface area (Å²) in [7, 11) is 0. The third-order valence-electron chi connectivity index (χ3n) is 3.81. The van der Waals surface area contributed by atoms with E-state index in [0.717, 1.165) is 17.3 Å². The number of phenols is 1. The molecule has 0 spiro atoms. The van der Waals surface area contributed by atoms with Crippen LogP contribution in [-0.4, -0.2) is 39.7 Å². The number of aliphatic hydroxyl groups is 1. The fraction of sp³-hybridized carbons (Fsp3) is 0.533. The maximum atomic E-state index is 12.3. The van der Waals surface area contributed by atoms with Crippen LogP contribution in [0.1, 0.15) is 31.7 Å². The highest BCUT2D eigenvalue weighted by Crippen LogP contribution is 2.25. The molecule has 2 rings (SSSR count). The van der Waals surface area contributed by atoms with Gasteiger partial charge in [0.15, 0.2) is 0 Å². The van der Waals surface area contributed by atoms with Crippen LogP contribution in [-0.2, 0) is 11.2 Å². The summed E-state index contributed by atoms with van der Waals surface area (Å²) in [6.07, 6.45) is 2.33. The van der Waals surface area contributed by atoms with E-state index in [1.807, 2.05) is 13.0 Å². The van der Waals surface area contributed by atoms with Crippen molar-refractivity contribution in [3.63, 3.8) is 0 Å². The number of phenolic OH excluding ortho intramolecular Hbond substituents is 1. The van der Waals surface area contributed by atoms with E-state index in [1.165, 1.54) is 0 Å². The molecule has 0 radical (unpaired) electrons. The summed E-state index contributed by atoms with van der Waals surface area (Å²) in [6.45, 7) is 3.07. The molecule has 1 aliphatic rings. The average molecular weight is 342 g/mol. The van der Waals surface area contributed by atoms with Crippen LogP contribution in [0, 0.1) is 0 Å². The van der Waals surface area contributed by atoms with E-state index in [9.17, 15) is 15.0 Å². The van der Waals surface area contributed by atoms with Gasteiger partial charge in [-0.1, -0.05) is 22.0 Å². The van der Waals surface area contributed by atoms with Gasteiger partial charge in [-0.05, 0) is 38.3 Å². The zero-order valence-corrected chi connectivity index (χ0v) is 13.2. The Balaban J connectivity index is 2.01. The number of carbonyl (C=O) groups excluding carboxylic acids is 1. The molecule has 1 aromatic rings. The van der Waals surface area contributed by atoms with E-state index >= 15 is 0 Å². The van der Waals surface area contributed by atoms with E-state index in [2.05, 4.69) is 15.9 Å². The van der Waals surface area contributed by atoms with Gasteiger partial charge >= 0.3 is 0 Å². The molecule has 0 bridgehead atoms. The number of rotatable bonds is 2. The summed E-state index contributed by atoms with van der Waals surface area (Å²) in [5.74, 6) is 0.134. The number of benzene rings is 1. The molecule has 0 aliphatic carbocycles. The van der Waals surface area contributed by atoms with Crippen molar-refractivity contribution in [3.05, 3.63) is 28.2 Å². The number of hydrogen-bond acceptors (Lipinski definition) is 3. The molecule has 2 N–H and O–H groups in total. The second-order valence-corrected chi connectivity index (χ2v) is 6.60. The SMILES string of the molecule is CC1(O)CCCN(C(=O)Cc2ccc(Br)cc2O)CC1. The molecule has 110 valence electrons. The van der Waals surface area contributed by atoms with Gasteiger partial charge in [-0.3, -0.25) is 4.79 Å². The molecular formula is C15H20BrNO3. The molecule has 0 saturated carbocycles. The molecule has 0 aromatic heterocycles. The molecule has 1 atom stereocenters. The Kier molecular flexibility index (Phi) is 4.70. The normalized spacial score (nSPS) is 23.4. The highest BCUT2D eigenvalue weighted by atomic mass is 79.9. The summed E-state index contributed by atoms with van der Waals surface area (Å²) in [4.78, 5) is 14.1. The summed E-state index contributed by atoms with van der Waals surface area (Å²) >= 11 is 3.28. The minimum absolute atomic E-state index is 0.000299. The Morgan fingerprint density at radius 2 is 2.15 bits per heavy atom. The minimum atomic E-state index is -0.672. The quantitative estimate of drug-likeness (QED) is 0.868. The molecule has 1 heterocycles. The Labute approximate surface area is 127 Å². The number of nitrogens with zero attached hydrogens (tertiary/aromatic N) is 1. The molecule has 4 nitrogen and oxygen atoms in total. The molecule has 1 aliphatic heterocycles. The highest BCUT2D eigenvalue weighted by Gasteiger charge is 2.27. The van der Waals surface area contributed by atoms with Crippen LogP contribution < -0.4 is 0 Å². The van der Waals surface area contributed by atoms with Gasteiger partial charge in [-0.15, -0.1) is 0 Å². The lowest BCUT2D eigenvalue weighted by molar-refractivity contribution is -0.130. The van der Waals surface area contributed by atoms with Crippen LogP contribution in [0.2, 0.25) is 0 Å². The highest BCUT2D eigenvalue weighted by molar-refractivity contribution is 9.10. The predicted octanol–water partition coefficient (Wildman–Crippen LogP) is 2.46. The summed E-state index contributed by atoms with van der Waals surface area (Å²) < 4.78 is 0.789. The van der Waals surface area contributed by atoms with Crippen LogP contribution in [0.25, 0.3) is 0 Å². The maximum Gasteiger partial charge on any atom is 0.227 e. The Hall–Kier alpha value is -1.07. The molecule has 1 fully saturated rings. The van der Waals surface area contributed by atoms with Crippen molar-refractivity contribution in [1.29, 1.82) is 0 Å². The number of halogens is 1. The van der Waals surface area contributed by atoms with E-state index in [4.69, 9.17) is 0 Å². The Morgan fingerprint density at radius 3 is 2.85 bits per heavy atom. The first kappa shape index (κ1) is 15.3. The van der Waals surface area contributed by atoms with Gasteiger partial charge in [0.2, 0.25) is 5.91 Å². The third kappa shape index (κ3) is 3.96. The zero-order chi connectivity index (χ0) is 14.8. The van der Waals surface area contributed by atoms with Crippen LogP contribution in [0.15, 0.2) is 22.7 Å². The zero-order valence-electron chi connectivity index (χ0n) is 11.6. The average Bonchev–Trinajstić information content (AvgIpc) is 2.54. The molecular weight excluding hydrogens is 322 g/mol. The van der Waals surface area contributed by atoms with Crippen molar-refractivity contribution >= 4 is 21.8 Å².